The molecule has 1 aliphatic carbocycles. The van der Waals surface area contributed by atoms with E-state index in [0.717, 1.165) is 37.9 Å². The normalized spacial score (nSPS) is 17.3. The minimum absolute atomic E-state index is 0.117. The van der Waals surface area contributed by atoms with Crippen LogP contribution in [-0.4, -0.2) is 27.7 Å². The van der Waals surface area contributed by atoms with Gasteiger partial charge in [-0.3, -0.25) is 19.2 Å². The Balaban J connectivity index is 1.72. The van der Waals surface area contributed by atoms with E-state index < -0.39 is 11.7 Å². The zero-order chi connectivity index (χ0) is 22.9. The van der Waals surface area contributed by atoms with Crippen LogP contribution in [0.4, 0.5) is 24.8 Å². The van der Waals surface area contributed by atoms with Gasteiger partial charge in [0.05, 0.1) is 18.9 Å². The SMILES string of the molecule is CCc1c(C)nc2n(c1=O)CN(CCC1=CCCCC1)CN2c1cccc(C(F)(F)F)c1. The highest BCUT2D eigenvalue weighted by atomic mass is 19.4. The molecule has 0 saturated carbocycles. The molecule has 0 atom stereocenters. The van der Waals surface area contributed by atoms with E-state index in [4.69, 9.17) is 0 Å². The number of halogens is 3. The minimum Gasteiger partial charge on any atom is -0.298 e. The molecule has 1 aromatic heterocycles. The molecule has 32 heavy (non-hydrogen) atoms. The molecule has 8 heteroatoms. The van der Waals surface area contributed by atoms with E-state index in [-0.39, 0.29) is 5.56 Å². The lowest BCUT2D eigenvalue weighted by Crippen LogP contribution is -2.48. The fraction of sp³-hybridized carbons (Fsp3) is 0.500. The van der Waals surface area contributed by atoms with Crippen molar-refractivity contribution in [2.75, 3.05) is 18.1 Å². The molecule has 2 aliphatic rings. The second-order valence-corrected chi connectivity index (χ2v) is 8.57. The molecule has 1 aromatic carbocycles. The van der Waals surface area contributed by atoms with Crippen molar-refractivity contribution < 1.29 is 13.2 Å². The van der Waals surface area contributed by atoms with Crippen molar-refractivity contribution in [2.24, 2.45) is 0 Å². The number of hydrogen-bond acceptors (Lipinski definition) is 4. The number of aryl methyl sites for hydroxylation is 1. The smallest absolute Gasteiger partial charge is 0.298 e. The predicted octanol–water partition coefficient (Wildman–Crippen LogP) is 5.39. The number of aromatic nitrogens is 2. The Labute approximate surface area is 186 Å². The first-order valence-corrected chi connectivity index (χ1v) is 11.2. The summed E-state index contributed by atoms with van der Waals surface area (Å²) >= 11 is 0. The van der Waals surface area contributed by atoms with Crippen molar-refractivity contribution >= 4 is 11.6 Å². The van der Waals surface area contributed by atoms with Crippen LogP contribution < -0.4 is 10.5 Å². The summed E-state index contributed by atoms with van der Waals surface area (Å²) in [7, 11) is 0. The van der Waals surface area contributed by atoms with E-state index in [9.17, 15) is 18.0 Å². The molecule has 172 valence electrons. The monoisotopic (exact) mass is 446 g/mol. The Morgan fingerprint density at radius 1 is 1.16 bits per heavy atom. The Bertz CT molecular complexity index is 1070. The molecule has 0 radical (unpaired) electrons. The number of fused-ring (bicyclic) bond motifs is 1. The van der Waals surface area contributed by atoms with Crippen molar-refractivity contribution in [1.29, 1.82) is 0 Å². The highest BCUT2D eigenvalue weighted by molar-refractivity contribution is 5.59. The second-order valence-electron chi connectivity index (χ2n) is 8.57. The first-order chi connectivity index (χ1) is 15.3. The molecule has 0 fully saturated rings. The third kappa shape index (κ3) is 4.60. The van der Waals surface area contributed by atoms with Gasteiger partial charge >= 0.3 is 6.18 Å². The molecule has 0 saturated heterocycles. The summed E-state index contributed by atoms with van der Waals surface area (Å²) in [4.78, 5) is 21.7. The fourth-order valence-corrected chi connectivity index (χ4v) is 4.56. The van der Waals surface area contributed by atoms with Crippen molar-refractivity contribution in [2.45, 2.75) is 65.2 Å². The summed E-state index contributed by atoms with van der Waals surface area (Å²) in [6.07, 6.45) is 3.97. The van der Waals surface area contributed by atoms with Crippen LogP contribution in [-0.2, 0) is 19.3 Å². The molecule has 5 nitrogen and oxygen atoms in total. The number of alkyl halides is 3. The van der Waals surface area contributed by atoms with Gasteiger partial charge in [-0.15, -0.1) is 0 Å². The summed E-state index contributed by atoms with van der Waals surface area (Å²) in [5, 5.41) is 0. The molecule has 1 aliphatic heterocycles. The molecule has 4 rings (SSSR count). The number of hydrogen-bond donors (Lipinski definition) is 0. The molecular weight excluding hydrogens is 417 g/mol. The van der Waals surface area contributed by atoms with Gasteiger partial charge in [-0.1, -0.05) is 24.6 Å². The predicted molar refractivity (Wildman–Crippen MR) is 119 cm³/mol. The van der Waals surface area contributed by atoms with Crippen LogP contribution in [0.2, 0.25) is 0 Å². The third-order valence-corrected chi connectivity index (χ3v) is 6.35. The van der Waals surface area contributed by atoms with E-state index >= 15 is 0 Å². The quantitative estimate of drug-likeness (QED) is 0.578. The van der Waals surface area contributed by atoms with Gasteiger partial charge < -0.3 is 0 Å². The summed E-state index contributed by atoms with van der Waals surface area (Å²) in [5.41, 5.74) is 2.25. The van der Waals surface area contributed by atoms with Gasteiger partial charge in [0.15, 0.2) is 0 Å². The summed E-state index contributed by atoms with van der Waals surface area (Å²) in [6, 6.07) is 5.24. The van der Waals surface area contributed by atoms with Crippen molar-refractivity contribution in [3.63, 3.8) is 0 Å². The zero-order valence-electron chi connectivity index (χ0n) is 18.6. The van der Waals surface area contributed by atoms with Crippen LogP contribution >= 0.6 is 0 Å². The molecule has 2 aromatic rings. The number of rotatable bonds is 5. The van der Waals surface area contributed by atoms with E-state index in [2.05, 4.69) is 16.0 Å². The van der Waals surface area contributed by atoms with Crippen molar-refractivity contribution in [3.8, 4) is 0 Å². The third-order valence-electron chi connectivity index (χ3n) is 6.35. The summed E-state index contributed by atoms with van der Waals surface area (Å²) in [6.45, 7) is 5.21. The molecule has 0 spiro atoms. The Hall–Kier alpha value is -2.61. The molecule has 2 heterocycles. The van der Waals surface area contributed by atoms with Crippen LogP contribution in [0.25, 0.3) is 0 Å². The Morgan fingerprint density at radius 2 is 1.97 bits per heavy atom. The maximum Gasteiger partial charge on any atom is 0.416 e. The molecular formula is C24H29F3N4O. The van der Waals surface area contributed by atoms with Gasteiger partial charge in [0.2, 0.25) is 5.95 Å². The first kappa shape index (κ1) is 22.6. The maximum absolute atomic E-state index is 13.4. The van der Waals surface area contributed by atoms with Gasteiger partial charge in [0.25, 0.3) is 5.56 Å². The molecule has 0 unspecified atom stereocenters. The highest BCUT2D eigenvalue weighted by Gasteiger charge is 2.33. The molecule has 0 N–H and O–H groups in total. The number of benzene rings is 1. The first-order valence-electron chi connectivity index (χ1n) is 11.2. The largest absolute Gasteiger partial charge is 0.416 e. The van der Waals surface area contributed by atoms with E-state index in [1.54, 1.807) is 22.5 Å². The summed E-state index contributed by atoms with van der Waals surface area (Å²) in [5.74, 6) is 0.400. The molecule has 0 bridgehead atoms. The van der Waals surface area contributed by atoms with E-state index in [0.29, 0.717) is 42.7 Å². The lowest BCUT2D eigenvalue weighted by atomic mass is 9.97. The van der Waals surface area contributed by atoms with Crippen molar-refractivity contribution in [1.82, 2.24) is 14.5 Å². The number of nitrogens with zero attached hydrogens (tertiary/aromatic N) is 4. The van der Waals surface area contributed by atoms with Crippen LogP contribution in [0.15, 0.2) is 40.7 Å². The standard InChI is InChI=1S/C24H29F3N4O/c1-3-21-17(2)28-23-30(20-11-7-10-19(14-20)24(25,26)27)15-29(16-31(23)22(21)32)13-12-18-8-5-4-6-9-18/h7-8,10-11,14H,3-6,9,12-13,15-16H2,1-2H3. The summed E-state index contributed by atoms with van der Waals surface area (Å²) < 4.78 is 41.7. The topological polar surface area (TPSA) is 41.4 Å². The van der Waals surface area contributed by atoms with Crippen molar-refractivity contribution in [3.05, 3.63) is 63.1 Å². The zero-order valence-corrected chi connectivity index (χ0v) is 18.6. The van der Waals surface area contributed by atoms with E-state index in [1.165, 1.54) is 24.5 Å². The average Bonchev–Trinajstić information content (AvgIpc) is 2.78. The fourth-order valence-electron chi connectivity index (χ4n) is 4.56. The van der Waals surface area contributed by atoms with Gasteiger partial charge in [-0.2, -0.15) is 13.2 Å². The van der Waals surface area contributed by atoms with Crippen LogP contribution in [0.5, 0.6) is 0 Å². The highest BCUT2D eigenvalue weighted by Crippen LogP contribution is 2.34. The average molecular weight is 447 g/mol. The maximum atomic E-state index is 13.4. The lowest BCUT2D eigenvalue weighted by Gasteiger charge is -2.38. The lowest BCUT2D eigenvalue weighted by molar-refractivity contribution is -0.137. The Kier molecular flexibility index (Phi) is 6.42. The second kappa shape index (κ2) is 9.10. The van der Waals surface area contributed by atoms with Gasteiger partial charge in [0, 0.05) is 23.5 Å². The van der Waals surface area contributed by atoms with Gasteiger partial charge in [-0.05, 0) is 63.6 Å². The minimum atomic E-state index is -4.44. The van der Waals surface area contributed by atoms with Crippen LogP contribution in [0.1, 0.15) is 55.8 Å². The van der Waals surface area contributed by atoms with Gasteiger partial charge in [0.1, 0.15) is 0 Å². The number of anilines is 2. The van der Waals surface area contributed by atoms with Crippen LogP contribution in [0.3, 0.4) is 0 Å². The van der Waals surface area contributed by atoms with E-state index in [1.807, 2.05) is 6.92 Å². The van der Waals surface area contributed by atoms with Crippen LogP contribution in [0, 0.1) is 6.92 Å². The Morgan fingerprint density at radius 3 is 2.66 bits per heavy atom. The molecule has 0 amide bonds. The van der Waals surface area contributed by atoms with Gasteiger partial charge in [-0.25, -0.2) is 4.98 Å². The number of allylic oxidation sites excluding steroid dienone is 1.